The summed E-state index contributed by atoms with van der Waals surface area (Å²) in [4.78, 5) is 29.4. The minimum absolute atomic E-state index is 0.136. The number of ether oxygens (including phenoxy) is 2. The Morgan fingerprint density at radius 3 is 2.64 bits per heavy atom. The second-order valence-corrected chi connectivity index (χ2v) is 5.99. The Hall–Kier alpha value is -2.73. The minimum Gasteiger partial charge on any atom is -0.460 e. The molecule has 130 valence electrons. The molecule has 1 aromatic carbocycles. The van der Waals surface area contributed by atoms with Gasteiger partial charge >= 0.3 is 5.97 Å². The van der Waals surface area contributed by atoms with Gasteiger partial charge in [-0.05, 0) is 44.0 Å². The summed E-state index contributed by atoms with van der Waals surface area (Å²) in [6, 6.07) is 5.23. The van der Waals surface area contributed by atoms with E-state index in [0.717, 1.165) is 11.1 Å². The molecule has 3 aromatic rings. The van der Waals surface area contributed by atoms with Gasteiger partial charge in [-0.1, -0.05) is 6.07 Å². The van der Waals surface area contributed by atoms with Gasteiger partial charge in [0.1, 0.15) is 12.2 Å². The first-order chi connectivity index (χ1) is 11.9. The molecule has 3 rings (SSSR count). The lowest BCUT2D eigenvalue weighted by Crippen LogP contribution is -2.14. The molecule has 6 heteroatoms. The molecule has 6 nitrogen and oxygen atoms in total. The number of aromatic nitrogens is 1. The summed E-state index contributed by atoms with van der Waals surface area (Å²) in [6.45, 7) is 5.92. The third-order valence-corrected chi connectivity index (χ3v) is 4.04. The highest BCUT2D eigenvalue weighted by Crippen LogP contribution is 2.23. The Morgan fingerprint density at radius 2 is 1.92 bits per heavy atom. The van der Waals surface area contributed by atoms with Crippen LogP contribution in [0.1, 0.15) is 27.2 Å². The van der Waals surface area contributed by atoms with Gasteiger partial charge in [-0.15, -0.1) is 0 Å². The largest absolute Gasteiger partial charge is 0.460 e. The Labute approximate surface area is 144 Å². The number of carbonyl (C=O) groups excluding carboxylic acids is 1. The van der Waals surface area contributed by atoms with Gasteiger partial charge in [-0.3, -0.25) is 4.79 Å². The first-order valence-corrected chi connectivity index (χ1v) is 7.94. The van der Waals surface area contributed by atoms with E-state index >= 15 is 0 Å². The van der Waals surface area contributed by atoms with Crippen molar-refractivity contribution < 1.29 is 18.7 Å². The van der Waals surface area contributed by atoms with E-state index in [0.29, 0.717) is 23.3 Å². The van der Waals surface area contributed by atoms with Gasteiger partial charge in [0.25, 0.3) is 0 Å². The molecule has 0 bridgehead atoms. The highest BCUT2D eigenvalue weighted by atomic mass is 16.6. The maximum absolute atomic E-state index is 12.9. The Bertz CT molecular complexity index is 1040. The van der Waals surface area contributed by atoms with Crippen LogP contribution in [0.4, 0.5) is 0 Å². The van der Waals surface area contributed by atoms with Crippen LogP contribution in [0.15, 0.2) is 27.4 Å². The molecule has 0 aliphatic rings. The second-order valence-electron chi connectivity index (χ2n) is 5.99. The third kappa shape index (κ3) is 3.13. The van der Waals surface area contributed by atoms with Crippen LogP contribution in [0.5, 0.6) is 0 Å². The number of rotatable bonds is 4. The van der Waals surface area contributed by atoms with Gasteiger partial charge in [0, 0.05) is 7.11 Å². The maximum Gasteiger partial charge on any atom is 0.340 e. The summed E-state index contributed by atoms with van der Waals surface area (Å²) in [7, 11) is 1.52. The average molecular weight is 341 g/mol. The van der Waals surface area contributed by atoms with Crippen LogP contribution in [0.25, 0.3) is 22.1 Å². The summed E-state index contributed by atoms with van der Waals surface area (Å²) in [5.74, 6) is -0.538. The number of aryl methyl sites for hydroxylation is 3. The van der Waals surface area contributed by atoms with Crippen LogP contribution >= 0.6 is 0 Å². The molecule has 0 unspecified atom stereocenters. The molecule has 0 spiro atoms. The van der Waals surface area contributed by atoms with Crippen molar-refractivity contribution in [1.29, 1.82) is 0 Å². The third-order valence-electron chi connectivity index (χ3n) is 4.04. The molecule has 0 saturated carbocycles. The summed E-state index contributed by atoms with van der Waals surface area (Å²) in [5, 5.41) is 0.770. The standard InChI is InChI=1S/C19H19NO5/c1-10-7-11(2)16-15(8-10)25-18-14(17(16)21)9-13(12(3)20-18)19(22)24-6-5-23-4/h7-9H,5-6H2,1-4H3. The number of hydrogen-bond donors (Lipinski definition) is 0. The van der Waals surface area contributed by atoms with Crippen molar-refractivity contribution in [1.82, 2.24) is 4.98 Å². The van der Waals surface area contributed by atoms with E-state index in [1.54, 1.807) is 6.92 Å². The highest BCUT2D eigenvalue weighted by Gasteiger charge is 2.18. The van der Waals surface area contributed by atoms with Gasteiger partial charge in [0.15, 0.2) is 0 Å². The first kappa shape index (κ1) is 17.1. The first-order valence-electron chi connectivity index (χ1n) is 7.94. The molecule has 0 atom stereocenters. The number of carbonyl (C=O) groups is 1. The number of esters is 1. The van der Waals surface area contributed by atoms with Crippen molar-refractivity contribution in [2.45, 2.75) is 20.8 Å². The van der Waals surface area contributed by atoms with E-state index < -0.39 is 5.97 Å². The topological polar surface area (TPSA) is 78.6 Å². The zero-order chi connectivity index (χ0) is 18.1. The SMILES string of the molecule is COCCOC(=O)c1cc2c(=O)c3c(C)cc(C)cc3oc2nc1C. The van der Waals surface area contributed by atoms with Gasteiger partial charge < -0.3 is 13.9 Å². The molecule has 0 saturated heterocycles. The summed E-state index contributed by atoms with van der Waals surface area (Å²) < 4.78 is 15.8. The van der Waals surface area contributed by atoms with Crippen LogP contribution in [0.3, 0.4) is 0 Å². The van der Waals surface area contributed by atoms with E-state index in [9.17, 15) is 9.59 Å². The summed E-state index contributed by atoms with van der Waals surface area (Å²) in [6.07, 6.45) is 0. The van der Waals surface area contributed by atoms with E-state index in [1.807, 2.05) is 26.0 Å². The van der Waals surface area contributed by atoms with E-state index in [4.69, 9.17) is 13.9 Å². The van der Waals surface area contributed by atoms with Gasteiger partial charge in [0.05, 0.1) is 28.6 Å². The molecule has 2 heterocycles. The molecule has 0 aliphatic heterocycles. The van der Waals surface area contributed by atoms with Crippen LogP contribution in [-0.4, -0.2) is 31.3 Å². The molecule has 0 fully saturated rings. The number of methoxy groups -OCH3 is 1. The molecule has 0 N–H and O–H groups in total. The van der Waals surface area contributed by atoms with Crippen molar-refractivity contribution in [2.24, 2.45) is 0 Å². The van der Waals surface area contributed by atoms with Crippen molar-refractivity contribution >= 4 is 28.0 Å². The number of pyridine rings is 1. The van der Waals surface area contributed by atoms with Crippen molar-refractivity contribution in [3.05, 3.63) is 50.8 Å². The predicted octanol–water partition coefficient (Wildman–Crippen LogP) is 3.07. The molecule has 0 aliphatic carbocycles. The zero-order valence-electron chi connectivity index (χ0n) is 14.6. The van der Waals surface area contributed by atoms with E-state index in [-0.39, 0.29) is 28.7 Å². The van der Waals surface area contributed by atoms with Crippen LogP contribution in [-0.2, 0) is 9.47 Å². The predicted molar refractivity (Wildman–Crippen MR) is 94.2 cm³/mol. The van der Waals surface area contributed by atoms with Crippen LogP contribution in [0.2, 0.25) is 0 Å². The fourth-order valence-electron chi connectivity index (χ4n) is 2.86. The molecular formula is C19H19NO5. The zero-order valence-corrected chi connectivity index (χ0v) is 14.6. The molecule has 2 aromatic heterocycles. The number of fused-ring (bicyclic) bond motifs is 2. The van der Waals surface area contributed by atoms with E-state index in [1.165, 1.54) is 13.2 Å². The second kappa shape index (κ2) is 6.64. The maximum atomic E-state index is 12.9. The smallest absolute Gasteiger partial charge is 0.340 e. The van der Waals surface area contributed by atoms with E-state index in [2.05, 4.69) is 4.98 Å². The lowest BCUT2D eigenvalue weighted by atomic mass is 10.0. The Balaban J connectivity index is 2.19. The van der Waals surface area contributed by atoms with Crippen LogP contribution in [0, 0.1) is 20.8 Å². The lowest BCUT2D eigenvalue weighted by molar-refractivity contribution is 0.0387. The van der Waals surface area contributed by atoms with Gasteiger partial charge in [-0.2, -0.15) is 0 Å². The molecule has 0 amide bonds. The van der Waals surface area contributed by atoms with Gasteiger partial charge in [0.2, 0.25) is 11.1 Å². The summed E-state index contributed by atoms with van der Waals surface area (Å²) in [5.41, 5.74) is 3.04. The fraction of sp³-hybridized carbons (Fsp3) is 0.316. The summed E-state index contributed by atoms with van der Waals surface area (Å²) >= 11 is 0. The number of nitrogens with zero attached hydrogens (tertiary/aromatic N) is 1. The van der Waals surface area contributed by atoms with Gasteiger partial charge in [-0.25, -0.2) is 9.78 Å². The number of hydrogen-bond acceptors (Lipinski definition) is 6. The Kier molecular flexibility index (Phi) is 4.55. The molecule has 0 radical (unpaired) electrons. The van der Waals surface area contributed by atoms with Crippen molar-refractivity contribution in [3.63, 3.8) is 0 Å². The highest BCUT2D eigenvalue weighted by molar-refractivity contribution is 5.97. The Morgan fingerprint density at radius 1 is 1.16 bits per heavy atom. The van der Waals surface area contributed by atoms with Crippen LogP contribution < -0.4 is 5.43 Å². The average Bonchev–Trinajstić information content (AvgIpc) is 2.53. The monoisotopic (exact) mass is 341 g/mol. The normalized spacial score (nSPS) is 11.2. The van der Waals surface area contributed by atoms with Crippen molar-refractivity contribution in [2.75, 3.05) is 20.3 Å². The van der Waals surface area contributed by atoms with Crippen molar-refractivity contribution in [3.8, 4) is 0 Å². The lowest BCUT2D eigenvalue weighted by Gasteiger charge is -2.09. The quantitative estimate of drug-likeness (QED) is 0.412. The molecule has 25 heavy (non-hydrogen) atoms. The fourth-order valence-corrected chi connectivity index (χ4v) is 2.86. The number of benzene rings is 1. The molecular weight excluding hydrogens is 322 g/mol. The minimum atomic E-state index is -0.538.